The predicted octanol–water partition coefficient (Wildman–Crippen LogP) is 4.44. The van der Waals surface area contributed by atoms with E-state index in [0.29, 0.717) is 48.0 Å². The number of carbonyl (C=O) groups is 1. The van der Waals surface area contributed by atoms with Crippen LogP contribution in [-0.4, -0.2) is 63.1 Å². The number of aromatic nitrogens is 4. The molecular formula is C30H32FN9O2. The molecule has 42 heavy (non-hydrogen) atoms. The summed E-state index contributed by atoms with van der Waals surface area (Å²) < 4.78 is 22.2. The first-order chi connectivity index (χ1) is 20.2. The molecule has 4 heterocycles. The van der Waals surface area contributed by atoms with Crippen molar-refractivity contribution in [2.24, 2.45) is 17.3 Å². The number of nitrogens with one attached hydrogen (secondary N) is 2. The Kier molecular flexibility index (Phi) is 7.20. The Hall–Kier alpha value is -4.63. The van der Waals surface area contributed by atoms with Crippen molar-refractivity contribution in [3.8, 4) is 18.4 Å². The fraction of sp³-hybridized carbons (Fsp3) is 0.400. The van der Waals surface area contributed by atoms with Crippen LogP contribution in [0, 0.1) is 18.2 Å². The van der Waals surface area contributed by atoms with Crippen molar-refractivity contribution in [3.63, 3.8) is 0 Å². The maximum atomic E-state index is 14.7. The fourth-order valence-electron chi connectivity index (χ4n) is 5.60. The van der Waals surface area contributed by atoms with Crippen LogP contribution in [0.5, 0.6) is 6.01 Å². The highest BCUT2D eigenvalue weighted by atomic mass is 19.1. The van der Waals surface area contributed by atoms with Gasteiger partial charge >= 0.3 is 6.01 Å². The number of nitrogens with zero attached hydrogens (tertiary/aromatic N) is 7. The van der Waals surface area contributed by atoms with Crippen molar-refractivity contribution in [1.82, 2.24) is 25.1 Å². The van der Waals surface area contributed by atoms with E-state index in [0.717, 1.165) is 24.2 Å². The van der Waals surface area contributed by atoms with Gasteiger partial charge in [0.2, 0.25) is 0 Å². The van der Waals surface area contributed by atoms with E-state index in [1.54, 1.807) is 31.6 Å². The minimum atomic E-state index is -0.516. The molecule has 2 aliphatic rings. The van der Waals surface area contributed by atoms with Gasteiger partial charge in [-0.25, -0.2) is 9.37 Å². The van der Waals surface area contributed by atoms with Gasteiger partial charge in [-0.3, -0.25) is 9.48 Å². The number of rotatable bonds is 9. The van der Waals surface area contributed by atoms with E-state index < -0.39 is 17.4 Å². The number of fused-ring (bicyclic) bond motifs is 2. The molecule has 1 saturated heterocycles. The lowest BCUT2D eigenvalue weighted by Gasteiger charge is -2.38. The van der Waals surface area contributed by atoms with Crippen LogP contribution in [-0.2, 0) is 7.05 Å². The molecule has 2 aromatic heterocycles. The van der Waals surface area contributed by atoms with E-state index in [-0.39, 0.29) is 23.6 Å². The van der Waals surface area contributed by atoms with Crippen molar-refractivity contribution in [1.29, 1.82) is 0 Å². The van der Waals surface area contributed by atoms with Crippen LogP contribution in [0.1, 0.15) is 43.5 Å². The monoisotopic (exact) mass is 569 g/mol. The van der Waals surface area contributed by atoms with E-state index in [9.17, 15) is 9.18 Å². The molecule has 0 aliphatic carbocycles. The number of anilines is 2. The Balaban J connectivity index is 1.31. The van der Waals surface area contributed by atoms with Gasteiger partial charge in [0.25, 0.3) is 5.91 Å². The van der Waals surface area contributed by atoms with Crippen LogP contribution in [0.3, 0.4) is 0 Å². The van der Waals surface area contributed by atoms with E-state index in [4.69, 9.17) is 11.2 Å². The van der Waals surface area contributed by atoms with E-state index in [1.807, 2.05) is 6.07 Å². The molecule has 4 aromatic rings. The van der Waals surface area contributed by atoms with Gasteiger partial charge in [-0.1, -0.05) is 0 Å². The minimum Gasteiger partial charge on any atom is -0.463 e. The van der Waals surface area contributed by atoms with Gasteiger partial charge in [-0.15, -0.1) is 12.3 Å². The summed E-state index contributed by atoms with van der Waals surface area (Å²) in [6.45, 7) is 6.16. The van der Waals surface area contributed by atoms with Crippen molar-refractivity contribution in [2.75, 3.05) is 29.9 Å². The Morgan fingerprint density at radius 2 is 2.00 bits per heavy atom. The quantitative estimate of drug-likeness (QED) is 0.286. The summed E-state index contributed by atoms with van der Waals surface area (Å²) in [5, 5.41) is 20.1. The zero-order valence-corrected chi connectivity index (χ0v) is 23.8. The second kappa shape index (κ2) is 11.0. The summed E-state index contributed by atoms with van der Waals surface area (Å²) in [6.07, 6.45) is 10.6. The normalized spacial score (nSPS) is 19.2. The van der Waals surface area contributed by atoms with Gasteiger partial charge in [-0.2, -0.15) is 20.3 Å². The molecule has 216 valence electrons. The molecule has 1 amide bonds. The SMILES string of the molecule is C#CCCC1(CCOc2ncc3c(N4C[C@H](C)N[C@@H](C)C4)ccc(C(=O)Nc4cc(F)c5nn(C)cc5c4)c3n2)N=N1. The van der Waals surface area contributed by atoms with Crippen LogP contribution < -0.4 is 20.3 Å². The van der Waals surface area contributed by atoms with Gasteiger partial charge in [-0.05, 0) is 38.1 Å². The van der Waals surface area contributed by atoms with E-state index >= 15 is 0 Å². The Morgan fingerprint density at radius 3 is 2.74 bits per heavy atom. The number of ether oxygens (including phenoxy) is 1. The Labute approximate surface area is 242 Å². The first kappa shape index (κ1) is 27.5. The molecule has 2 aliphatic heterocycles. The third-order valence-corrected chi connectivity index (χ3v) is 7.57. The van der Waals surface area contributed by atoms with Crippen molar-refractivity contribution in [3.05, 3.63) is 48.0 Å². The molecule has 0 unspecified atom stereocenters. The second-order valence-electron chi connectivity index (χ2n) is 11.1. The third-order valence-electron chi connectivity index (χ3n) is 7.57. The molecule has 0 bridgehead atoms. The first-order valence-corrected chi connectivity index (χ1v) is 14.0. The van der Waals surface area contributed by atoms with Crippen LogP contribution in [0.25, 0.3) is 21.8 Å². The van der Waals surface area contributed by atoms with Crippen LogP contribution >= 0.6 is 0 Å². The van der Waals surface area contributed by atoms with Gasteiger partial charge < -0.3 is 20.3 Å². The van der Waals surface area contributed by atoms with E-state index in [2.05, 4.69) is 60.6 Å². The van der Waals surface area contributed by atoms with Crippen LogP contribution in [0.2, 0.25) is 0 Å². The number of terminal acetylenes is 1. The molecule has 0 saturated carbocycles. The number of amides is 1. The molecule has 1 fully saturated rings. The largest absolute Gasteiger partial charge is 0.463 e. The molecule has 2 atom stereocenters. The molecule has 2 N–H and O–H groups in total. The van der Waals surface area contributed by atoms with Gasteiger partial charge in [0.1, 0.15) is 5.52 Å². The van der Waals surface area contributed by atoms with E-state index in [1.165, 1.54) is 10.7 Å². The fourth-order valence-corrected chi connectivity index (χ4v) is 5.60. The number of hydrogen-bond donors (Lipinski definition) is 2. The molecule has 6 rings (SSSR count). The second-order valence-corrected chi connectivity index (χ2v) is 11.1. The lowest BCUT2D eigenvalue weighted by molar-refractivity contribution is 0.102. The maximum absolute atomic E-state index is 14.7. The van der Waals surface area contributed by atoms with Crippen LogP contribution in [0.15, 0.2) is 46.9 Å². The van der Waals surface area contributed by atoms with Gasteiger partial charge in [0, 0.05) is 86.0 Å². The number of benzene rings is 2. The first-order valence-electron chi connectivity index (χ1n) is 14.0. The summed E-state index contributed by atoms with van der Waals surface area (Å²) in [7, 11) is 1.72. The van der Waals surface area contributed by atoms with Crippen molar-refractivity contribution >= 4 is 39.1 Å². The number of piperazine rings is 1. The van der Waals surface area contributed by atoms with Crippen molar-refractivity contribution in [2.45, 2.75) is 50.9 Å². The lowest BCUT2D eigenvalue weighted by atomic mass is 10.0. The smallest absolute Gasteiger partial charge is 0.316 e. The lowest BCUT2D eigenvalue weighted by Crippen LogP contribution is -2.54. The highest BCUT2D eigenvalue weighted by Gasteiger charge is 2.39. The minimum absolute atomic E-state index is 0.145. The molecule has 0 radical (unpaired) electrons. The summed E-state index contributed by atoms with van der Waals surface area (Å²) >= 11 is 0. The highest BCUT2D eigenvalue weighted by Crippen LogP contribution is 2.37. The standard InChI is InChI=1S/C30H32FN9O2/c1-5-6-9-30(37-38-30)10-11-42-29-32-14-23-25(40-15-18(2)33-19(3)16-40)8-7-22(27(23)35-29)28(41)34-21-12-20-17-39(4)36-26(20)24(31)13-21/h1,7-8,12-14,17-19,33H,6,9-11,15-16H2,2-4H3,(H,34,41)/t18-,19-/m0/s1. The highest BCUT2D eigenvalue weighted by molar-refractivity contribution is 6.14. The molecule has 11 nitrogen and oxygen atoms in total. The molecule has 2 aromatic carbocycles. The number of halogens is 1. The summed E-state index contributed by atoms with van der Waals surface area (Å²) in [4.78, 5) is 25.1. The summed E-state index contributed by atoms with van der Waals surface area (Å²) in [5.74, 6) is 1.68. The number of hydrogen-bond acceptors (Lipinski definition) is 9. The molecular weight excluding hydrogens is 537 g/mol. The third kappa shape index (κ3) is 5.60. The molecule has 12 heteroatoms. The van der Waals surface area contributed by atoms with Gasteiger partial charge in [0.05, 0.1) is 17.7 Å². The predicted molar refractivity (Wildman–Crippen MR) is 158 cm³/mol. The summed E-state index contributed by atoms with van der Waals surface area (Å²) in [6, 6.07) is 7.34. The maximum Gasteiger partial charge on any atom is 0.316 e. The zero-order valence-electron chi connectivity index (χ0n) is 23.8. The zero-order chi connectivity index (χ0) is 29.4. The van der Waals surface area contributed by atoms with Gasteiger partial charge in [0.15, 0.2) is 11.5 Å². The summed E-state index contributed by atoms with van der Waals surface area (Å²) in [5.41, 5.74) is 1.77. The number of aryl methyl sites for hydroxylation is 1. The Bertz CT molecular complexity index is 1730. The average Bonchev–Trinajstić information content (AvgIpc) is 3.61. The van der Waals surface area contributed by atoms with Crippen LogP contribution in [0.4, 0.5) is 15.8 Å². The average molecular weight is 570 g/mol. The number of carbonyl (C=O) groups excluding carboxylic acids is 1. The van der Waals surface area contributed by atoms with Crippen molar-refractivity contribution < 1.29 is 13.9 Å². The molecule has 0 spiro atoms. The Morgan fingerprint density at radius 1 is 1.21 bits per heavy atom. The topological polar surface area (TPSA) is 122 Å².